The topological polar surface area (TPSA) is 68.8 Å². The van der Waals surface area contributed by atoms with Crippen LogP contribution in [0.1, 0.15) is 18.1 Å². The van der Waals surface area contributed by atoms with E-state index < -0.39 is 0 Å². The molecular formula is C20H25FN2O4. The zero-order valence-electron chi connectivity index (χ0n) is 15.8. The molecule has 0 atom stereocenters. The number of amides is 1. The summed E-state index contributed by atoms with van der Waals surface area (Å²) in [5, 5.41) is 5.95. The third kappa shape index (κ3) is 6.14. The average molecular weight is 376 g/mol. The lowest BCUT2D eigenvalue weighted by atomic mass is 10.1. The molecule has 0 fully saturated rings. The van der Waals surface area contributed by atoms with Gasteiger partial charge < -0.3 is 24.8 Å². The van der Waals surface area contributed by atoms with E-state index in [9.17, 15) is 9.18 Å². The van der Waals surface area contributed by atoms with Crippen molar-refractivity contribution < 1.29 is 23.4 Å². The SMILES string of the molecule is COc1cc(CNCCNC(C)=O)cc(OC)c1OCc1ccccc1F. The molecule has 0 radical (unpaired) electrons. The van der Waals surface area contributed by atoms with Crippen molar-refractivity contribution in [1.29, 1.82) is 0 Å². The van der Waals surface area contributed by atoms with Crippen LogP contribution >= 0.6 is 0 Å². The molecule has 6 nitrogen and oxygen atoms in total. The van der Waals surface area contributed by atoms with Gasteiger partial charge in [0.05, 0.1) is 14.2 Å². The van der Waals surface area contributed by atoms with E-state index in [1.807, 2.05) is 12.1 Å². The minimum absolute atomic E-state index is 0.0588. The fraction of sp³-hybridized carbons (Fsp3) is 0.350. The van der Waals surface area contributed by atoms with Gasteiger partial charge in [-0.3, -0.25) is 4.79 Å². The molecule has 146 valence electrons. The monoisotopic (exact) mass is 376 g/mol. The summed E-state index contributed by atoms with van der Waals surface area (Å²) in [6.07, 6.45) is 0. The number of carbonyl (C=O) groups excluding carboxylic acids is 1. The maximum atomic E-state index is 13.8. The molecule has 0 aliphatic rings. The van der Waals surface area contributed by atoms with E-state index in [1.165, 1.54) is 13.0 Å². The molecule has 2 N–H and O–H groups in total. The molecule has 2 rings (SSSR count). The average Bonchev–Trinajstić information content (AvgIpc) is 2.66. The molecule has 0 unspecified atom stereocenters. The molecule has 0 spiro atoms. The highest BCUT2D eigenvalue weighted by Gasteiger charge is 2.15. The second kappa shape index (κ2) is 10.4. The number of halogens is 1. The highest BCUT2D eigenvalue weighted by Crippen LogP contribution is 2.39. The molecule has 27 heavy (non-hydrogen) atoms. The normalized spacial score (nSPS) is 10.4. The van der Waals surface area contributed by atoms with Crippen LogP contribution in [-0.2, 0) is 17.9 Å². The molecule has 2 aromatic rings. The first-order chi connectivity index (χ1) is 13.0. The molecular weight excluding hydrogens is 351 g/mol. The van der Waals surface area contributed by atoms with Crippen molar-refractivity contribution in [3.05, 3.63) is 53.3 Å². The molecule has 0 aliphatic heterocycles. The van der Waals surface area contributed by atoms with E-state index in [-0.39, 0.29) is 18.3 Å². The Bertz CT molecular complexity index is 742. The van der Waals surface area contributed by atoms with Crippen LogP contribution in [0.15, 0.2) is 36.4 Å². The summed E-state index contributed by atoms with van der Waals surface area (Å²) in [7, 11) is 3.08. The van der Waals surface area contributed by atoms with Crippen LogP contribution < -0.4 is 24.8 Å². The van der Waals surface area contributed by atoms with E-state index in [0.29, 0.717) is 42.4 Å². The van der Waals surface area contributed by atoms with Gasteiger partial charge in [0.1, 0.15) is 12.4 Å². The van der Waals surface area contributed by atoms with Crippen molar-refractivity contribution in [1.82, 2.24) is 10.6 Å². The molecule has 1 amide bonds. The van der Waals surface area contributed by atoms with Crippen LogP contribution in [0.5, 0.6) is 17.2 Å². The lowest BCUT2D eigenvalue weighted by molar-refractivity contribution is -0.118. The number of nitrogens with one attached hydrogen (secondary N) is 2. The summed E-state index contributed by atoms with van der Waals surface area (Å²) in [5.41, 5.74) is 1.38. The standard InChI is InChI=1S/C20H25FN2O4/c1-14(24)23-9-8-22-12-15-10-18(25-2)20(19(11-15)26-3)27-13-16-6-4-5-7-17(16)21/h4-7,10-11,22H,8-9,12-13H2,1-3H3,(H,23,24). The smallest absolute Gasteiger partial charge is 0.216 e. The molecule has 2 aromatic carbocycles. The van der Waals surface area contributed by atoms with Gasteiger partial charge in [0.15, 0.2) is 11.5 Å². The van der Waals surface area contributed by atoms with Crippen molar-refractivity contribution in [2.24, 2.45) is 0 Å². The van der Waals surface area contributed by atoms with Gasteiger partial charge in [0.25, 0.3) is 0 Å². The van der Waals surface area contributed by atoms with Gasteiger partial charge in [-0.15, -0.1) is 0 Å². The van der Waals surface area contributed by atoms with Crippen molar-refractivity contribution in [3.63, 3.8) is 0 Å². The summed E-state index contributed by atoms with van der Waals surface area (Å²) in [5.74, 6) is 1.05. The second-order valence-electron chi connectivity index (χ2n) is 5.87. The molecule has 0 aliphatic carbocycles. The Labute approximate surface area is 158 Å². The second-order valence-corrected chi connectivity index (χ2v) is 5.87. The van der Waals surface area contributed by atoms with Crippen molar-refractivity contribution in [3.8, 4) is 17.2 Å². The van der Waals surface area contributed by atoms with Gasteiger partial charge >= 0.3 is 0 Å². The first-order valence-electron chi connectivity index (χ1n) is 8.61. The summed E-state index contributed by atoms with van der Waals surface area (Å²) in [6.45, 7) is 3.30. The van der Waals surface area contributed by atoms with Crippen LogP contribution in [0.4, 0.5) is 4.39 Å². The summed E-state index contributed by atoms with van der Waals surface area (Å²) in [4.78, 5) is 10.9. The molecule has 0 aromatic heterocycles. The first-order valence-corrected chi connectivity index (χ1v) is 8.61. The van der Waals surface area contributed by atoms with Crippen LogP contribution in [0, 0.1) is 5.82 Å². The minimum atomic E-state index is -0.324. The lowest BCUT2D eigenvalue weighted by Crippen LogP contribution is -2.29. The third-order valence-corrected chi connectivity index (χ3v) is 3.86. The van der Waals surface area contributed by atoms with E-state index >= 15 is 0 Å². The maximum absolute atomic E-state index is 13.8. The highest BCUT2D eigenvalue weighted by molar-refractivity contribution is 5.72. The van der Waals surface area contributed by atoms with Crippen LogP contribution in [0.2, 0.25) is 0 Å². The van der Waals surface area contributed by atoms with E-state index in [2.05, 4.69) is 10.6 Å². The Morgan fingerprint density at radius 2 is 1.74 bits per heavy atom. The quantitative estimate of drug-likeness (QED) is 0.624. The van der Waals surface area contributed by atoms with Gasteiger partial charge in [0.2, 0.25) is 11.7 Å². The zero-order chi connectivity index (χ0) is 19.6. The number of rotatable bonds is 10. The van der Waals surface area contributed by atoms with Crippen LogP contribution in [0.3, 0.4) is 0 Å². The van der Waals surface area contributed by atoms with E-state index in [0.717, 1.165) is 5.56 Å². The summed E-state index contributed by atoms with van der Waals surface area (Å²) in [6, 6.07) is 10.1. The number of benzene rings is 2. The van der Waals surface area contributed by atoms with Gasteiger partial charge in [-0.05, 0) is 23.8 Å². The van der Waals surface area contributed by atoms with E-state index in [1.54, 1.807) is 32.4 Å². The highest BCUT2D eigenvalue weighted by atomic mass is 19.1. The number of ether oxygens (including phenoxy) is 3. The fourth-order valence-corrected chi connectivity index (χ4v) is 2.50. The molecule has 7 heteroatoms. The number of hydrogen-bond donors (Lipinski definition) is 2. The van der Waals surface area contributed by atoms with Crippen LogP contribution in [0.25, 0.3) is 0 Å². The maximum Gasteiger partial charge on any atom is 0.216 e. The number of hydrogen-bond acceptors (Lipinski definition) is 5. The summed E-state index contributed by atoms with van der Waals surface area (Å²) < 4.78 is 30.4. The number of methoxy groups -OCH3 is 2. The zero-order valence-corrected chi connectivity index (χ0v) is 15.8. The van der Waals surface area contributed by atoms with Gasteiger partial charge in [-0.2, -0.15) is 0 Å². The Morgan fingerprint density at radius 1 is 1.07 bits per heavy atom. The molecule has 0 bridgehead atoms. The Balaban J connectivity index is 2.06. The van der Waals surface area contributed by atoms with Gasteiger partial charge in [0, 0.05) is 32.1 Å². The van der Waals surface area contributed by atoms with Crippen molar-refractivity contribution in [2.75, 3.05) is 27.3 Å². The fourth-order valence-electron chi connectivity index (χ4n) is 2.50. The number of carbonyl (C=O) groups is 1. The van der Waals surface area contributed by atoms with Crippen LogP contribution in [-0.4, -0.2) is 33.2 Å². The lowest BCUT2D eigenvalue weighted by Gasteiger charge is -2.16. The predicted molar refractivity (Wildman–Crippen MR) is 101 cm³/mol. The predicted octanol–water partition coefficient (Wildman–Crippen LogP) is 2.65. The van der Waals surface area contributed by atoms with E-state index in [4.69, 9.17) is 14.2 Å². The Kier molecular flexibility index (Phi) is 7.88. The molecule has 0 heterocycles. The molecule has 0 saturated heterocycles. The van der Waals surface area contributed by atoms with Gasteiger partial charge in [-0.1, -0.05) is 18.2 Å². The van der Waals surface area contributed by atoms with Gasteiger partial charge in [-0.25, -0.2) is 4.39 Å². The largest absolute Gasteiger partial charge is 0.493 e. The third-order valence-electron chi connectivity index (χ3n) is 3.86. The Hall–Kier alpha value is -2.80. The molecule has 0 saturated carbocycles. The first kappa shape index (κ1) is 20.5. The van der Waals surface area contributed by atoms with Crippen molar-refractivity contribution in [2.45, 2.75) is 20.1 Å². The van der Waals surface area contributed by atoms with Crippen molar-refractivity contribution >= 4 is 5.91 Å². The Morgan fingerprint density at radius 3 is 2.33 bits per heavy atom. The minimum Gasteiger partial charge on any atom is -0.493 e. The summed E-state index contributed by atoms with van der Waals surface area (Å²) >= 11 is 0.